The van der Waals surface area contributed by atoms with E-state index >= 15 is 0 Å². The Kier molecular flexibility index (Phi) is 3.37. The minimum atomic E-state index is 0.730. The number of fused-ring (bicyclic) bond motifs is 12. The molecule has 0 amide bonds. The third-order valence-corrected chi connectivity index (χ3v) is 7.56. The molecule has 5 aromatic carbocycles. The summed E-state index contributed by atoms with van der Waals surface area (Å²) in [5.74, 6) is 6.72. The van der Waals surface area contributed by atoms with E-state index in [1.807, 2.05) is 0 Å². The number of nitrogen functional groups attached to an aromatic ring is 1. The normalized spacial score (nSPS) is 12.0. The highest BCUT2D eigenvalue weighted by Crippen LogP contribution is 2.47. The second-order valence-corrected chi connectivity index (χ2v) is 8.91. The zero-order valence-corrected chi connectivity index (χ0v) is 17.3. The van der Waals surface area contributed by atoms with Crippen molar-refractivity contribution in [3.63, 3.8) is 0 Å². The Morgan fingerprint density at radius 3 is 2.00 bits per heavy atom. The molecule has 4 heteroatoms. The van der Waals surface area contributed by atoms with E-state index in [9.17, 15) is 0 Å². The molecular formula is C27H17N3S. The van der Waals surface area contributed by atoms with Crippen LogP contribution in [0.2, 0.25) is 0 Å². The smallest absolute Gasteiger partial charge is 0.158 e. The summed E-state index contributed by atoms with van der Waals surface area (Å²) in [5, 5.41) is 11.0. The van der Waals surface area contributed by atoms with Crippen LogP contribution in [-0.2, 0) is 0 Å². The minimum absolute atomic E-state index is 0.730. The van der Waals surface area contributed by atoms with Crippen molar-refractivity contribution in [2.45, 2.75) is 0 Å². The summed E-state index contributed by atoms with van der Waals surface area (Å²) in [6.45, 7) is 0. The summed E-state index contributed by atoms with van der Waals surface area (Å²) in [6.07, 6.45) is 0. The Morgan fingerprint density at radius 1 is 0.581 bits per heavy atom. The van der Waals surface area contributed by atoms with Crippen LogP contribution in [0.3, 0.4) is 0 Å². The lowest BCUT2D eigenvalue weighted by atomic mass is 9.94. The summed E-state index contributed by atoms with van der Waals surface area (Å²) >= 11 is 1.77. The van der Waals surface area contributed by atoms with E-state index in [4.69, 9.17) is 10.8 Å². The maximum atomic E-state index is 5.99. The van der Waals surface area contributed by atoms with Crippen LogP contribution >= 0.6 is 11.3 Å². The summed E-state index contributed by atoms with van der Waals surface area (Å²) in [4.78, 5) is 5.05. The number of hydrazine groups is 1. The second-order valence-electron chi connectivity index (χ2n) is 7.89. The first-order valence-corrected chi connectivity index (χ1v) is 11.1. The topological polar surface area (TPSA) is 50.9 Å². The molecule has 0 atom stereocenters. The monoisotopic (exact) mass is 415 g/mol. The van der Waals surface area contributed by atoms with Gasteiger partial charge in [0, 0.05) is 26.2 Å². The molecule has 146 valence electrons. The SMILES string of the molecule is NNc1nc2c3ccccc3c3ccccc3c2c2c1sc1c3ccccc3ccc12. The van der Waals surface area contributed by atoms with Gasteiger partial charge in [-0.05, 0) is 26.9 Å². The quantitative estimate of drug-likeness (QED) is 0.167. The van der Waals surface area contributed by atoms with E-state index in [1.54, 1.807) is 11.3 Å². The Balaban J connectivity index is 1.87. The number of hydrogen-bond donors (Lipinski definition) is 2. The standard InChI is InChI=1S/C27H17N3S/c28-30-27-26-23(21-14-13-15-7-1-2-8-16(15)25(21)31-26)22-19-11-5-3-9-17(19)18-10-4-6-12-20(18)24(22)29-27/h1-14H,28H2,(H,29,30). The van der Waals surface area contributed by atoms with Crippen molar-refractivity contribution >= 4 is 80.5 Å². The van der Waals surface area contributed by atoms with Gasteiger partial charge in [-0.3, -0.25) is 0 Å². The molecule has 2 aromatic heterocycles. The van der Waals surface area contributed by atoms with Crippen LogP contribution < -0.4 is 11.3 Å². The summed E-state index contributed by atoms with van der Waals surface area (Å²) in [5.41, 5.74) is 3.87. The number of nitrogens with one attached hydrogen (secondary N) is 1. The van der Waals surface area contributed by atoms with Crippen molar-refractivity contribution in [1.29, 1.82) is 0 Å². The molecule has 7 aromatic rings. The van der Waals surface area contributed by atoms with E-state index in [0.717, 1.165) is 21.4 Å². The van der Waals surface area contributed by atoms with Crippen LogP contribution in [0.15, 0.2) is 84.9 Å². The highest BCUT2D eigenvalue weighted by Gasteiger charge is 2.19. The molecule has 0 unspecified atom stereocenters. The van der Waals surface area contributed by atoms with Crippen LogP contribution in [0.25, 0.3) is 63.4 Å². The lowest BCUT2D eigenvalue weighted by Gasteiger charge is -2.13. The van der Waals surface area contributed by atoms with Gasteiger partial charge in [-0.15, -0.1) is 11.3 Å². The van der Waals surface area contributed by atoms with Crippen molar-refractivity contribution < 1.29 is 0 Å². The fraction of sp³-hybridized carbons (Fsp3) is 0. The van der Waals surface area contributed by atoms with Crippen LogP contribution in [0.5, 0.6) is 0 Å². The zero-order valence-electron chi connectivity index (χ0n) is 16.5. The lowest BCUT2D eigenvalue weighted by Crippen LogP contribution is -2.08. The van der Waals surface area contributed by atoms with Gasteiger partial charge in [0.1, 0.15) is 0 Å². The summed E-state index contributed by atoms with van der Waals surface area (Å²) in [6, 6.07) is 30.2. The number of aromatic nitrogens is 1. The molecule has 0 radical (unpaired) electrons. The number of thiophene rings is 1. The number of anilines is 1. The first-order valence-electron chi connectivity index (χ1n) is 10.3. The molecule has 31 heavy (non-hydrogen) atoms. The van der Waals surface area contributed by atoms with Gasteiger partial charge in [0.05, 0.1) is 10.2 Å². The first-order chi connectivity index (χ1) is 15.3. The van der Waals surface area contributed by atoms with E-state index < -0.39 is 0 Å². The number of nitrogens with two attached hydrogens (primary N) is 1. The Labute approximate surface area is 181 Å². The molecule has 0 aliphatic rings. The molecule has 0 saturated carbocycles. The van der Waals surface area contributed by atoms with E-state index in [-0.39, 0.29) is 0 Å². The molecule has 0 saturated heterocycles. The lowest BCUT2D eigenvalue weighted by molar-refractivity contribution is 1.29. The Morgan fingerprint density at radius 2 is 1.23 bits per heavy atom. The van der Waals surface area contributed by atoms with E-state index in [2.05, 4.69) is 90.4 Å². The van der Waals surface area contributed by atoms with Crippen molar-refractivity contribution in [3.05, 3.63) is 84.9 Å². The fourth-order valence-electron chi connectivity index (χ4n) is 4.99. The summed E-state index contributed by atoms with van der Waals surface area (Å²) in [7, 11) is 0. The minimum Gasteiger partial charge on any atom is -0.307 e. The van der Waals surface area contributed by atoms with E-state index in [1.165, 1.54) is 47.8 Å². The number of nitrogens with zero attached hydrogens (tertiary/aromatic N) is 1. The molecule has 3 N–H and O–H groups in total. The molecule has 2 heterocycles. The predicted octanol–water partition coefficient (Wildman–Crippen LogP) is 7.35. The van der Waals surface area contributed by atoms with Gasteiger partial charge >= 0.3 is 0 Å². The fourth-order valence-corrected chi connectivity index (χ4v) is 6.29. The maximum absolute atomic E-state index is 5.99. The molecule has 0 bridgehead atoms. The van der Waals surface area contributed by atoms with E-state index in [0.29, 0.717) is 0 Å². The average Bonchev–Trinajstić information content (AvgIpc) is 3.24. The highest BCUT2D eigenvalue weighted by atomic mass is 32.1. The van der Waals surface area contributed by atoms with Gasteiger partial charge < -0.3 is 5.43 Å². The highest BCUT2D eigenvalue weighted by molar-refractivity contribution is 7.27. The van der Waals surface area contributed by atoms with Crippen LogP contribution in [-0.4, -0.2) is 4.98 Å². The third kappa shape index (κ3) is 2.18. The van der Waals surface area contributed by atoms with Crippen LogP contribution in [0.1, 0.15) is 0 Å². The largest absolute Gasteiger partial charge is 0.307 e. The van der Waals surface area contributed by atoms with Gasteiger partial charge in [-0.2, -0.15) is 0 Å². The van der Waals surface area contributed by atoms with Crippen molar-refractivity contribution in [1.82, 2.24) is 4.98 Å². The predicted molar refractivity (Wildman–Crippen MR) is 135 cm³/mol. The van der Waals surface area contributed by atoms with Gasteiger partial charge in [0.25, 0.3) is 0 Å². The second kappa shape index (κ2) is 6.14. The number of hydrogen-bond acceptors (Lipinski definition) is 4. The molecule has 7 rings (SSSR count). The third-order valence-electron chi connectivity index (χ3n) is 6.31. The average molecular weight is 416 g/mol. The molecule has 3 nitrogen and oxygen atoms in total. The van der Waals surface area contributed by atoms with Gasteiger partial charge in [-0.1, -0.05) is 84.9 Å². The molecular weight excluding hydrogens is 398 g/mol. The number of benzene rings is 5. The van der Waals surface area contributed by atoms with Crippen molar-refractivity contribution in [2.24, 2.45) is 5.84 Å². The summed E-state index contributed by atoms with van der Waals surface area (Å²) < 4.78 is 2.37. The number of rotatable bonds is 1. The van der Waals surface area contributed by atoms with Gasteiger partial charge in [0.15, 0.2) is 5.82 Å². The van der Waals surface area contributed by atoms with Crippen molar-refractivity contribution in [2.75, 3.05) is 5.43 Å². The van der Waals surface area contributed by atoms with Crippen molar-refractivity contribution in [3.8, 4) is 0 Å². The molecule has 0 aliphatic carbocycles. The van der Waals surface area contributed by atoms with Crippen LogP contribution in [0, 0.1) is 0 Å². The Hall–Kier alpha value is -3.73. The maximum Gasteiger partial charge on any atom is 0.158 e. The van der Waals surface area contributed by atoms with Gasteiger partial charge in [0.2, 0.25) is 0 Å². The Bertz CT molecular complexity index is 1830. The van der Waals surface area contributed by atoms with Crippen LogP contribution in [0.4, 0.5) is 5.82 Å². The zero-order chi connectivity index (χ0) is 20.5. The van der Waals surface area contributed by atoms with Gasteiger partial charge in [-0.25, -0.2) is 10.8 Å². The molecule has 0 fully saturated rings. The number of pyridine rings is 1. The first kappa shape index (κ1) is 17.0. The molecule has 0 spiro atoms. The molecule has 0 aliphatic heterocycles.